The van der Waals surface area contributed by atoms with Crippen molar-refractivity contribution in [1.29, 1.82) is 0 Å². The molecule has 9 heteroatoms. The highest BCUT2D eigenvalue weighted by Gasteiger charge is 2.45. The van der Waals surface area contributed by atoms with E-state index >= 15 is 0 Å². The minimum atomic E-state index is -5.08. The van der Waals surface area contributed by atoms with Crippen LogP contribution in [0.4, 0.5) is 13.2 Å². The van der Waals surface area contributed by atoms with E-state index in [4.69, 9.17) is 19.4 Å². The van der Waals surface area contributed by atoms with Crippen molar-refractivity contribution in [1.82, 2.24) is 9.88 Å². The van der Waals surface area contributed by atoms with E-state index in [0.717, 1.165) is 57.8 Å². The van der Waals surface area contributed by atoms with Crippen molar-refractivity contribution in [2.75, 3.05) is 33.4 Å². The van der Waals surface area contributed by atoms with E-state index < -0.39 is 12.1 Å². The van der Waals surface area contributed by atoms with Gasteiger partial charge in [-0.3, -0.25) is 9.88 Å². The maximum absolute atomic E-state index is 10.6. The molecule has 3 heterocycles. The number of alkyl halides is 3. The third-order valence-corrected chi connectivity index (χ3v) is 5.33. The number of rotatable bonds is 5. The normalized spacial score (nSPS) is 21.9. The molecule has 1 spiro atoms. The summed E-state index contributed by atoms with van der Waals surface area (Å²) in [5.41, 5.74) is 1.29. The molecule has 0 aliphatic carbocycles. The van der Waals surface area contributed by atoms with E-state index in [2.05, 4.69) is 22.0 Å². The second kappa shape index (κ2) is 10.2. The molecule has 0 amide bonds. The SMILES string of the molecule is COCCC1CCOC12CCN(Cc1ccccn1)CC2.O=C(O)C(F)(F)F. The lowest BCUT2D eigenvalue weighted by Crippen LogP contribution is -2.47. The van der Waals surface area contributed by atoms with E-state index in [1.165, 1.54) is 6.42 Å². The molecule has 0 radical (unpaired) electrons. The van der Waals surface area contributed by atoms with Gasteiger partial charge in [-0.05, 0) is 43.7 Å². The Kier molecular flexibility index (Phi) is 8.21. The molecule has 1 aromatic rings. The number of hydrogen-bond acceptors (Lipinski definition) is 5. The van der Waals surface area contributed by atoms with Crippen LogP contribution in [0, 0.1) is 5.92 Å². The van der Waals surface area contributed by atoms with Crippen LogP contribution in [-0.4, -0.2) is 66.2 Å². The van der Waals surface area contributed by atoms with Gasteiger partial charge in [0.25, 0.3) is 0 Å². The Morgan fingerprint density at radius 1 is 1.39 bits per heavy atom. The molecule has 2 aliphatic heterocycles. The van der Waals surface area contributed by atoms with Crippen molar-refractivity contribution in [3.05, 3.63) is 30.1 Å². The van der Waals surface area contributed by atoms with Crippen LogP contribution in [0.3, 0.4) is 0 Å². The number of halogens is 3. The summed E-state index contributed by atoms with van der Waals surface area (Å²) in [6, 6.07) is 6.15. The summed E-state index contributed by atoms with van der Waals surface area (Å²) in [7, 11) is 1.79. The van der Waals surface area contributed by atoms with Crippen molar-refractivity contribution >= 4 is 5.97 Å². The number of aromatic nitrogens is 1. The molecular formula is C19H27F3N2O4. The second-order valence-corrected chi connectivity index (χ2v) is 7.08. The van der Waals surface area contributed by atoms with Gasteiger partial charge in [0.1, 0.15) is 0 Å². The van der Waals surface area contributed by atoms with Crippen LogP contribution in [0.2, 0.25) is 0 Å². The highest BCUT2D eigenvalue weighted by atomic mass is 19.4. The number of nitrogens with zero attached hydrogens (tertiary/aromatic N) is 2. The summed E-state index contributed by atoms with van der Waals surface area (Å²) in [4.78, 5) is 15.8. The molecule has 2 aliphatic rings. The van der Waals surface area contributed by atoms with Crippen molar-refractivity contribution < 1.29 is 32.5 Å². The van der Waals surface area contributed by atoms with E-state index in [1.807, 2.05) is 12.3 Å². The molecule has 2 saturated heterocycles. The molecule has 1 unspecified atom stereocenters. The lowest BCUT2D eigenvalue weighted by molar-refractivity contribution is -0.192. The first kappa shape index (κ1) is 22.6. The van der Waals surface area contributed by atoms with Crippen molar-refractivity contribution in [2.24, 2.45) is 5.92 Å². The number of carboxylic acids is 1. The average Bonchev–Trinajstić information content (AvgIpc) is 3.05. The van der Waals surface area contributed by atoms with Gasteiger partial charge in [-0.25, -0.2) is 4.79 Å². The first-order valence-electron chi connectivity index (χ1n) is 9.32. The van der Waals surface area contributed by atoms with Crippen LogP contribution in [0.5, 0.6) is 0 Å². The van der Waals surface area contributed by atoms with Gasteiger partial charge in [-0.15, -0.1) is 0 Å². The molecule has 1 aromatic heterocycles. The van der Waals surface area contributed by atoms with Gasteiger partial charge >= 0.3 is 12.1 Å². The molecule has 6 nitrogen and oxygen atoms in total. The lowest BCUT2D eigenvalue weighted by Gasteiger charge is -2.42. The quantitative estimate of drug-likeness (QED) is 0.813. The zero-order chi connectivity index (χ0) is 20.6. The summed E-state index contributed by atoms with van der Waals surface area (Å²) < 4.78 is 43.2. The standard InChI is InChI=1S/C17H26N2O2.C2HF3O2/c1-20-12-5-15-6-13-21-17(15)7-10-19(11-8-17)14-16-4-2-3-9-18-16;3-2(4,5)1(6)7/h2-4,9,15H,5-8,10-14H2,1H3;(H,6,7). The number of carbonyl (C=O) groups is 1. The molecule has 2 fully saturated rings. The van der Waals surface area contributed by atoms with Crippen LogP contribution in [0.25, 0.3) is 0 Å². The second-order valence-electron chi connectivity index (χ2n) is 7.08. The number of likely N-dealkylation sites (tertiary alicyclic amines) is 1. The van der Waals surface area contributed by atoms with Gasteiger partial charge in [0, 0.05) is 46.2 Å². The van der Waals surface area contributed by atoms with Crippen LogP contribution in [-0.2, 0) is 20.8 Å². The van der Waals surface area contributed by atoms with E-state index in [1.54, 1.807) is 7.11 Å². The predicted octanol–water partition coefficient (Wildman–Crippen LogP) is 3.12. The number of hydrogen-bond donors (Lipinski definition) is 1. The fourth-order valence-corrected chi connectivity index (χ4v) is 3.82. The Hall–Kier alpha value is -1.71. The molecule has 28 heavy (non-hydrogen) atoms. The predicted molar refractivity (Wildman–Crippen MR) is 95.7 cm³/mol. The monoisotopic (exact) mass is 404 g/mol. The molecule has 1 atom stereocenters. The number of piperidine rings is 1. The van der Waals surface area contributed by atoms with E-state index in [-0.39, 0.29) is 5.60 Å². The minimum absolute atomic E-state index is 0.124. The largest absolute Gasteiger partial charge is 0.490 e. The molecule has 0 saturated carbocycles. The number of ether oxygens (including phenoxy) is 2. The Morgan fingerprint density at radius 3 is 2.61 bits per heavy atom. The van der Waals surface area contributed by atoms with Crippen molar-refractivity contribution in [2.45, 2.75) is 44.0 Å². The fraction of sp³-hybridized carbons (Fsp3) is 0.684. The molecule has 3 rings (SSSR count). The molecule has 1 N–H and O–H groups in total. The smallest absolute Gasteiger partial charge is 0.475 e. The Bertz CT molecular complexity index is 605. The van der Waals surface area contributed by atoms with Gasteiger partial charge in [-0.2, -0.15) is 13.2 Å². The molecular weight excluding hydrogens is 377 g/mol. The molecule has 0 bridgehead atoms. The van der Waals surface area contributed by atoms with Crippen LogP contribution in [0.15, 0.2) is 24.4 Å². The van der Waals surface area contributed by atoms with Gasteiger partial charge in [-0.1, -0.05) is 6.07 Å². The highest BCUT2D eigenvalue weighted by molar-refractivity contribution is 5.73. The number of aliphatic carboxylic acids is 1. The Morgan fingerprint density at radius 2 is 2.07 bits per heavy atom. The summed E-state index contributed by atoms with van der Waals surface area (Å²) in [5.74, 6) is -2.08. The first-order valence-corrected chi connectivity index (χ1v) is 9.32. The fourth-order valence-electron chi connectivity index (χ4n) is 3.82. The van der Waals surface area contributed by atoms with Crippen LogP contribution in [0.1, 0.15) is 31.4 Å². The van der Waals surface area contributed by atoms with Crippen molar-refractivity contribution in [3.8, 4) is 0 Å². The minimum Gasteiger partial charge on any atom is -0.475 e. The maximum Gasteiger partial charge on any atom is 0.490 e. The Balaban J connectivity index is 0.000000345. The van der Waals surface area contributed by atoms with Crippen LogP contribution < -0.4 is 0 Å². The Labute approximate surface area is 162 Å². The van der Waals surface area contributed by atoms with Gasteiger partial charge in [0.2, 0.25) is 0 Å². The summed E-state index contributed by atoms with van der Waals surface area (Å²) in [6.07, 6.45) is 1.42. The maximum atomic E-state index is 10.6. The zero-order valence-electron chi connectivity index (χ0n) is 16.0. The third-order valence-electron chi connectivity index (χ3n) is 5.33. The van der Waals surface area contributed by atoms with Gasteiger partial charge in [0.15, 0.2) is 0 Å². The number of pyridine rings is 1. The van der Waals surface area contributed by atoms with Crippen LogP contribution >= 0.6 is 0 Å². The van der Waals surface area contributed by atoms with Gasteiger partial charge in [0.05, 0.1) is 11.3 Å². The summed E-state index contributed by atoms with van der Waals surface area (Å²) >= 11 is 0. The van der Waals surface area contributed by atoms with E-state index in [0.29, 0.717) is 5.92 Å². The molecule has 0 aromatic carbocycles. The average molecular weight is 404 g/mol. The third kappa shape index (κ3) is 6.42. The topological polar surface area (TPSA) is 71.9 Å². The van der Waals surface area contributed by atoms with E-state index in [9.17, 15) is 13.2 Å². The highest BCUT2D eigenvalue weighted by Crippen LogP contribution is 2.42. The number of methoxy groups -OCH3 is 1. The van der Waals surface area contributed by atoms with Gasteiger partial charge < -0.3 is 14.6 Å². The number of carboxylic acid groups (broad SMARTS) is 1. The summed E-state index contributed by atoms with van der Waals surface area (Å²) in [6.45, 7) is 4.96. The zero-order valence-corrected chi connectivity index (χ0v) is 16.0. The molecule has 158 valence electrons. The summed E-state index contributed by atoms with van der Waals surface area (Å²) in [5, 5.41) is 7.12. The lowest BCUT2D eigenvalue weighted by atomic mass is 9.78. The first-order chi connectivity index (χ1) is 13.3. The van der Waals surface area contributed by atoms with Crippen molar-refractivity contribution in [3.63, 3.8) is 0 Å².